The van der Waals surface area contributed by atoms with Crippen LogP contribution in [0.4, 0.5) is 0 Å². The Bertz CT molecular complexity index is 2500. The van der Waals surface area contributed by atoms with Gasteiger partial charge in [0, 0.05) is 34.5 Å². The van der Waals surface area contributed by atoms with Crippen molar-refractivity contribution in [3.63, 3.8) is 0 Å². The highest BCUT2D eigenvalue weighted by Crippen LogP contribution is 2.50. The lowest BCUT2D eigenvalue weighted by Gasteiger charge is -2.22. The van der Waals surface area contributed by atoms with Gasteiger partial charge < -0.3 is 0 Å². The van der Waals surface area contributed by atoms with Crippen molar-refractivity contribution in [1.82, 2.24) is 15.0 Å². The number of fused-ring (bicyclic) bond motifs is 4. The topological polar surface area (TPSA) is 38.7 Å². The summed E-state index contributed by atoms with van der Waals surface area (Å²) < 4.78 is 0. The second kappa shape index (κ2) is 11.5. The molecular formula is C46H33N3. The average Bonchev–Trinajstić information content (AvgIpc) is 3.40. The molecule has 0 N–H and O–H groups in total. The van der Waals surface area contributed by atoms with Crippen molar-refractivity contribution in [3.8, 4) is 67.3 Å². The van der Waals surface area contributed by atoms with Crippen LogP contribution in [-0.4, -0.2) is 15.0 Å². The summed E-state index contributed by atoms with van der Waals surface area (Å²) in [7, 11) is 0. The summed E-state index contributed by atoms with van der Waals surface area (Å²) in [6, 6.07) is 54.0. The molecule has 0 bridgehead atoms. The maximum atomic E-state index is 5.19. The van der Waals surface area contributed by atoms with E-state index in [0.717, 1.165) is 39.2 Å². The highest BCUT2D eigenvalue weighted by atomic mass is 14.9. The first-order valence-corrected chi connectivity index (χ1v) is 16.8. The van der Waals surface area contributed by atoms with Crippen molar-refractivity contribution in [2.45, 2.75) is 19.3 Å². The summed E-state index contributed by atoms with van der Waals surface area (Å²) in [6.07, 6.45) is 3.69. The summed E-state index contributed by atoms with van der Waals surface area (Å²) in [4.78, 5) is 14.6. The number of hydrogen-bond donors (Lipinski definition) is 0. The van der Waals surface area contributed by atoms with Gasteiger partial charge in [0.15, 0.2) is 5.82 Å². The van der Waals surface area contributed by atoms with Crippen LogP contribution in [0, 0.1) is 0 Å². The second-order valence-electron chi connectivity index (χ2n) is 13.3. The highest BCUT2D eigenvalue weighted by Gasteiger charge is 2.35. The Morgan fingerprint density at radius 1 is 0.408 bits per heavy atom. The van der Waals surface area contributed by atoms with E-state index in [2.05, 4.69) is 146 Å². The fraction of sp³-hybridized carbons (Fsp3) is 0.0652. The Kier molecular flexibility index (Phi) is 6.80. The van der Waals surface area contributed by atoms with Gasteiger partial charge in [0.25, 0.3) is 0 Å². The smallest absolute Gasteiger partial charge is 0.160 e. The van der Waals surface area contributed by atoms with E-state index in [-0.39, 0.29) is 5.41 Å². The van der Waals surface area contributed by atoms with E-state index >= 15 is 0 Å². The van der Waals surface area contributed by atoms with Crippen molar-refractivity contribution >= 4 is 10.8 Å². The molecule has 0 saturated heterocycles. The van der Waals surface area contributed by atoms with Gasteiger partial charge >= 0.3 is 0 Å². The molecule has 0 atom stereocenters. The lowest BCUT2D eigenvalue weighted by Crippen LogP contribution is -2.14. The first-order valence-electron chi connectivity index (χ1n) is 16.8. The van der Waals surface area contributed by atoms with Crippen LogP contribution in [0.3, 0.4) is 0 Å². The standard InChI is InChI=1S/C46H33N3/c1-46(2)41-17-9-8-16-38(41)39-23-22-33(27-42(39)46)35-24-25-40(37-15-7-6-14-36(35)37)44-28-43(48-45(49-44)32-11-4-3-5-12-32)31-20-18-30(19-21-31)34-13-10-26-47-29-34/h3-29H,1-2H3. The van der Waals surface area contributed by atoms with E-state index in [1.54, 1.807) is 6.20 Å². The number of benzene rings is 6. The summed E-state index contributed by atoms with van der Waals surface area (Å²) in [6.45, 7) is 4.68. The quantitative estimate of drug-likeness (QED) is 0.191. The maximum Gasteiger partial charge on any atom is 0.160 e. The fourth-order valence-corrected chi connectivity index (χ4v) is 7.46. The Labute approximate surface area is 286 Å². The molecule has 0 amide bonds. The largest absolute Gasteiger partial charge is 0.264 e. The minimum atomic E-state index is -0.0565. The number of nitrogens with zero attached hydrogens (tertiary/aromatic N) is 3. The third-order valence-corrected chi connectivity index (χ3v) is 10.0. The number of hydrogen-bond acceptors (Lipinski definition) is 3. The van der Waals surface area contributed by atoms with Crippen molar-refractivity contribution in [3.05, 3.63) is 175 Å². The van der Waals surface area contributed by atoms with Gasteiger partial charge in [-0.3, -0.25) is 4.98 Å². The summed E-state index contributed by atoms with van der Waals surface area (Å²) in [5.74, 6) is 0.706. The van der Waals surface area contributed by atoms with Gasteiger partial charge in [-0.05, 0) is 73.5 Å². The first kappa shape index (κ1) is 29.0. The van der Waals surface area contributed by atoms with Crippen molar-refractivity contribution in [2.75, 3.05) is 0 Å². The first-order chi connectivity index (χ1) is 24.0. The molecule has 1 aliphatic carbocycles. The normalized spacial score (nSPS) is 12.9. The molecule has 0 unspecified atom stereocenters. The number of aromatic nitrogens is 3. The Morgan fingerprint density at radius 3 is 1.82 bits per heavy atom. The average molecular weight is 628 g/mol. The lowest BCUT2D eigenvalue weighted by atomic mass is 9.81. The van der Waals surface area contributed by atoms with Crippen LogP contribution in [0.1, 0.15) is 25.0 Å². The highest BCUT2D eigenvalue weighted by molar-refractivity contribution is 6.05. The summed E-state index contributed by atoms with van der Waals surface area (Å²) in [5.41, 5.74) is 14.9. The van der Waals surface area contributed by atoms with E-state index in [4.69, 9.17) is 9.97 Å². The molecule has 49 heavy (non-hydrogen) atoms. The molecule has 1 aliphatic rings. The molecule has 3 nitrogen and oxygen atoms in total. The zero-order valence-electron chi connectivity index (χ0n) is 27.4. The SMILES string of the molecule is CC1(C)c2ccccc2-c2ccc(-c3ccc(-c4cc(-c5ccc(-c6cccnc6)cc5)nc(-c5ccccc5)n4)c4ccccc34)cc21. The van der Waals surface area contributed by atoms with Crippen LogP contribution in [0.2, 0.25) is 0 Å². The van der Waals surface area contributed by atoms with E-state index in [1.165, 1.54) is 44.2 Å². The molecule has 6 aromatic carbocycles. The van der Waals surface area contributed by atoms with E-state index in [1.807, 2.05) is 30.5 Å². The number of rotatable bonds is 5. The van der Waals surface area contributed by atoms with Crippen molar-refractivity contribution < 1.29 is 0 Å². The molecular weight excluding hydrogens is 595 g/mol. The molecule has 9 rings (SSSR count). The minimum Gasteiger partial charge on any atom is -0.264 e. The minimum absolute atomic E-state index is 0.0565. The van der Waals surface area contributed by atoms with Crippen LogP contribution in [0.25, 0.3) is 78.1 Å². The van der Waals surface area contributed by atoms with Gasteiger partial charge in [-0.25, -0.2) is 9.97 Å². The molecule has 0 fully saturated rings. The number of pyridine rings is 1. The Balaban J connectivity index is 1.18. The zero-order valence-corrected chi connectivity index (χ0v) is 27.4. The predicted molar refractivity (Wildman–Crippen MR) is 202 cm³/mol. The zero-order chi connectivity index (χ0) is 33.0. The fourth-order valence-electron chi connectivity index (χ4n) is 7.46. The van der Waals surface area contributed by atoms with Gasteiger partial charge in [-0.1, -0.05) is 147 Å². The van der Waals surface area contributed by atoms with Gasteiger partial charge in [-0.2, -0.15) is 0 Å². The molecule has 232 valence electrons. The van der Waals surface area contributed by atoms with Crippen LogP contribution >= 0.6 is 0 Å². The third kappa shape index (κ3) is 4.94. The Morgan fingerprint density at radius 2 is 1.02 bits per heavy atom. The molecule has 0 radical (unpaired) electrons. The van der Waals surface area contributed by atoms with Gasteiger partial charge in [0.05, 0.1) is 11.4 Å². The van der Waals surface area contributed by atoms with Crippen LogP contribution < -0.4 is 0 Å². The van der Waals surface area contributed by atoms with Crippen molar-refractivity contribution in [2.24, 2.45) is 0 Å². The van der Waals surface area contributed by atoms with E-state index in [9.17, 15) is 0 Å². The summed E-state index contributed by atoms with van der Waals surface area (Å²) >= 11 is 0. The molecule has 8 aromatic rings. The van der Waals surface area contributed by atoms with Crippen LogP contribution in [0.15, 0.2) is 164 Å². The second-order valence-corrected chi connectivity index (χ2v) is 13.3. The maximum absolute atomic E-state index is 5.19. The van der Waals surface area contributed by atoms with E-state index < -0.39 is 0 Å². The molecule has 3 heteroatoms. The lowest BCUT2D eigenvalue weighted by molar-refractivity contribution is 0.660. The predicted octanol–water partition coefficient (Wildman–Crippen LogP) is 11.7. The molecule has 2 heterocycles. The van der Waals surface area contributed by atoms with Crippen molar-refractivity contribution in [1.29, 1.82) is 0 Å². The molecule has 0 spiro atoms. The molecule has 0 saturated carbocycles. The third-order valence-electron chi connectivity index (χ3n) is 10.0. The molecule has 0 aliphatic heterocycles. The van der Waals surface area contributed by atoms with Gasteiger partial charge in [0.1, 0.15) is 0 Å². The monoisotopic (exact) mass is 627 g/mol. The van der Waals surface area contributed by atoms with Gasteiger partial charge in [-0.15, -0.1) is 0 Å². The Hall–Kier alpha value is -6.19. The van der Waals surface area contributed by atoms with Crippen LogP contribution in [-0.2, 0) is 5.41 Å². The molecule has 2 aromatic heterocycles. The summed E-state index contributed by atoms with van der Waals surface area (Å²) in [5, 5.41) is 2.37. The van der Waals surface area contributed by atoms with E-state index in [0.29, 0.717) is 5.82 Å². The van der Waals surface area contributed by atoms with Crippen LogP contribution in [0.5, 0.6) is 0 Å². The van der Waals surface area contributed by atoms with Gasteiger partial charge in [0.2, 0.25) is 0 Å².